The van der Waals surface area contributed by atoms with Crippen LogP contribution in [0.25, 0.3) is 6.08 Å². The molecule has 0 heterocycles. The van der Waals surface area contributed by atoms with E-state index in [0.29, 0.717) is 6.54 Å². The van der Waals surface area contributed by atoms with E-state index in [1.165, 1.54) is 0 Å². The third-order valence-electron chi connectivity index (χ3n) is 2.85. The van der Waals surface area contributed by atoms with Crippen LogP contribution in [0.3, 0.4) is 0 Å². The molecule has 2 N–H and O–H groups in total. The number of nitrogens with one attached hydrogen (secondary N) is 1. The number of aliphatic carboxylic acids is 1. The Balaban J connectivity index is 2.81. The minimum absolute atomic E-state index is 0.0255. The van der Waals surface area contributed by atoms with Crippen molar-refractivity contribution in [1.29, 1.82) is 0 Å². The topological polar surface area (TPSA) is 69.6 Å². The van der Waals surface area contributed by atoms with Crippen molar-refractivity contribution in [2.75, 3.05) is 25.0 Å². The predicted molar refractivity (Wildman–Crippen MR) is 79.8 cm³/mol. The molecule has 0 saturated carbocycles. The first-order valence-electron chi connectivity index (χ1n) is 6.43. The molecule has 0 aliphatic carbocycles. The van der Waals surface area contributed by atoms with Crippen LogP contribution in [0.2, 0.25) is 0 Å². The molecule has 5 heteroatoms. The summed E-state index contributed by atoms with van der Waals surface area (Å²) < 4.78 is 0. The number of likely N-dealkylation sites (N-methyl/N-ethyl adjacent to an activating group) is 2. The summed E-state index contributed by atoms with van der Waals surface area (Å²) in [6.45, 7) is 4.69. The Morgan fingerprint density at radius 2 is 2.10 bits per heavy atom. The van der Waals surface area contributed by atoms with Crippen LogP contribution in [0.4, 0.5) is 5.69 Å². The van der Waals surface area contributed by atoms with Crippen molar-refractivity contribution in [2.24, 2.45) is 0 Å². The van der Waals surface area contributed by atoms with Crippen molar-refractivity contribution >= 4 is 23.6 Å². The van der Waals surface area contributed by atoms with Crippen LogP contribution in [0.1, 0.15) is 18.1 Å². The molecule has 108 valence electrons. The number of aryl methyl sites for hydroxylation is 1. The summed E-state index contributed by atoms with van der Waals surface area (Å²) in [5.74, 6) is -0.996. The SMILES string of the molecule is CCNC(=O)CN(C)c1ccc(C=CC(=O)O)c(C)c1. The maximum absolute atomic E-state index is 11.5. The van der Waals surface area contributed by atoms with Crippen LogP contribution in [0, 0.1) is 6.92 Å². The van der Waals surface area contributed by atoms with E-state index in [1.807, 2.05) is 44.0 Å². The van der Waals surface area contributed by atoms with E-state index < -0.39 is 5.97 Å². The second-order valence-corrected chi connectivity index (χ2v) is 4.52. The number of amides is 1. The maximum Gasteiger partial charge on any atom is 0.328 e. The van der Waals surface area contributed by atoms with Crippen molar-refractivity contribution in [3.8, 4) is 0 Å². The quantitative estimate of drug-likeness (QED) is 0.775. The van der Waals surface area contributed by atoms with Crippen LogP contribution in [-0.4, -0.2) is 37.1 Å². The Morgan fingerprint density at radius 1 is 1.40 bits per heavy atom. The molecule has 1 amide bonds. The molecule has 0 radical (unpaired) electrons. The summed E-state index contributed by atoms with van der Waals surface area (Å²) in [4.78, 5) is 23.9. The summed E-state index contributed by atoms with van der Waals surface area (Å²) in [5, 5.41) is 11.4. The zero-order valence-corrected chi connectivity index (χ0v) is 12.0. The molecule has 0 fully saturated rings. The van der Waals surface area contributed by atoms with Gasteiger partial charge in [0.25, 0.3) is 0 Å². The first-order valence-corrected chi connectivity index (χ1v) is 6.43. The molecule has 0 saturated heterocycles. The van der Waals surface area contributed by atoms with Gasteiger partial charge in [-0.15, -0.1) is 0 Å². The molecule has 1 aromatic rings. The van der Waals surface area contributed by atoms with E-state index in [1.54, 1.807) is 6.08 Å². The van der Waals surface area contributed by atoms with E-state index in [2.05, 4.69) is 5.32 Å². The highest BCUT2D eigenvalue weighted by atomic mass is 16.4. The number of hydrogen-bond acceptors (Lipinski definition) is 3. The van der Waals surface area contributed by atoms with Gasteiger partial charge in [0.15, 0.2) is 0 Å². The van der Waals surface area contributed by atoms with E-state index >= 15 is 0 Å². The van der Waals surface area contributed by atoms with E-state index in [9.17, 15) is 9.59 Å². The van der Waals surface area contributed by atoms with Crippen molar-refractivity contribution in [3.63, 3.8) is 0 Å². The van der Waals surface area contributed by atoms with Crippen LogP contribution < -0.4 is 10.2 Å². The van der Waals surface area contributed by atoms with Gasteiger partial charge in [-0.05, 0) is 43.2 Å². The lowest BCUT2D eigenvalue weighted by atomic mass is 10.1. The lowest BCUT2D eigenvalue weighted by molar-refractivity contribution is -0.131. The number of hydrogen-bond donors (Lipinski definition) is 2. The van der Waals surface area contributed by atoms with Gasteiger partial charge in [-0.3, -0.25) is 4.79 Å². The predicted octanol–water partition coefficient (Wildman–Crippen LogP) is 1.67. The lowest BCUT2D eigenvalue weighted by Gasteiger charge is -2.19. The molecule has 0 spiro atoms. The molecule has 0 aliphatic heterocycles. The van der Waals surface area contributed by atoms with Gasteiger partial charge < -0.3 is 15.3 Å². The van der Waals surface area contributed by atoms with Crippen LogP contribution in [0.15, 0.2) is 24.3 Å². The molecule has 0 atom stereocenters. The molecule has 1 aromatic carbocycles. The molecule has 20 heavy (non-hydrogen) atoms. The average molecular weight is 276 g/mol. The number of carbonyl (C=O) groups is 2. The van der Waals surface area contributed by atoms with Gasteiger partial charge in [0.05, 0.1) is 6.54 Å². The number of carbonyl (C=O) groups excluding carboxylic acids is 1. The molecule has 0 aromatic heterocycles. The smallest absolute Gasteiger partial charge is 0.328 e. The van der Waals surface area contributed by atoms with Crippen molar-refractivity contribution in [1.82, 2.24) is 5.32 Å². The Morgan fingerprint density at radius 3 is 2.65 bits per heavy atom. The molecular weight excluding hydrogens is 256 g/mol. The van der Waals surface area contributed by atoms with Gasteiger partial charge in [-0.25, -0.2) is 4.79 Å². The highest BCUT2D eigenvalue weighted by Crippen LogP contribution is 2.19. The van der Waals surface area contributed by atoms with E-state index in [4.69, 9.17) is 5.11 Å². The van der Waals surface area contributed by atoms with Crippen molar-refractivity contribution in [3.05, 3.63) is 35.4 Å². The average Bonchev–Trinajstić information content (AvgIpc) is 2.37. The minimum atomic E-state index is -0.971. The van der Waals surface area contributed by atoms with Gasteiger partial charge in [0.1, 0.15) is 0 Å². The van der Waals surface area contributed by atoms with Gasteiger partial charge in [0.2, 0.25) is 5.91 Å². The standard InChI is InChI=1S/C15H20N2O3/c1-4-16-14(18)10-17(3)13-7-5-12(11(2)9-13)6-8-15(19)20/h5-9H,4,10H2,1-3H3,(H,16,18)(H,19,20). The Labute approximate surface area is 118 Å². The maximum atomic E-state index is 11.5. The summed E-state index contributed by atoms with van der Waals surface area (Å²) in [6.07, 6.45) is 2.67. The monoisotopic (exact) mass is 276 g/mol. The van der Waals surface area contributed by atoms with Gasteiger partial charge in [0, 0.05) is 25.4 Å². The minimum Gasteiger partial charge on any atom is -0.478 e. The van der Waals surface area contributed by atoms with Crippen molar-refractivity contribution in [2.45, 2.75) is 13.8 Å². The second-order valence-electron chi connectivity index (χ2n) is 4.52. The Hall–Kier alpha value is -2.30. The fourth-order valence-corrected chi connectivity index (χ4v) is 1.81. The highest BCUT2D eigenvalue weighted by molar-refractivity contribution is 5.86. The molecule has 5 nitrogen and oxygen atoms in total. The Kier molecular flexibility index (Phi) is 5.77. The van der Waals surface area contributed by atoms with Crippen LogP contribution >= 0.6 is 0 Å². The van der Waals surface area contributed by atoms with Gasteiger partial charge >= 0.3 is 5.97 Å². The first-order chi connectivity index (χ1) is 9.43. The fourth-order valence-electron chi connectivity index (χ4n) is 1.81. The van der Waals surface area contributed by atoms with Crippen molar-refractivity contribution < 1.29 is 14.7 Å². The fraction of sp³-hybridized carbons (Fsp3) is 0.333. The molecular formula is C15H20N2O3. The third kappa shape index (κ3) is 4.76. The summed E-state index contributed by atoms with van der Waals surface area (Å²) in [6, 6.07) is 5.65. The summed E-state index contributed by atoms with van der Waals surface area (Å²) >= 11 is 0. The largest absolute Gasteiger partial charge is 0.478 e. The number of carboxylic acid groups (broad SMARTS) is 1. The number of carboxylic acids is 1. The second kappa shape index (κ2) is 7.33. The van der Waals surface area contributed by atoms with Gasteiger partial charge in [-0.2, -0.15) is 0 Å². The first kappa shape index (κ1) is 15.8. The summed E-state index contributed by atoms with van der Waals surface area (Å²) in [7, 11) is 1.84. The van der Waals surface area contributed by atoms with Crippen LogP contribution in [0.5, 0.6) is 0 Å². The molecule has 0 aliphatic rings. The zero-order chi connectivity index (χ0) is 15.1. The van der Waals surface area contributed by atoms with Gasteiger partial charge in [-0.1, -0.05) is 6.07 Å². The number of benzene rings is 1. The zero-order valence-electron chi connectivity index (χ0n) is 12.0. The van der Waals surface area contributed by atoms with E-state index in [0.717, 1.165) is 22.9 Å². The normalized spacial score (nSPS) is 10.6. The van der Waals surface area contributed by atoms with Crippen LogP contribution in [-0.2, 0) is 9.59 Å². The highest BCUT2D eigenvalue weighted by Gasteiger charge is 2.07. The number of anilines is 1. The Bertz CT molecular complexity index is 524. The third-order valence-corrected chi connectivity index (χ3v) is 2.85. The summed E-state index contributed by atoms with van der Waals surface area (Å²) in [5.41, 5.74) is 2.73. The number of rotatable bonds is 6. The molecule has 0 bridgehead atoms. The molecule has 1 rings (SSSR count). The van der Waals surface area contributed by atoms with E-state index in [-0.39, 0.29) is 12.5 Å². The number of nitrogens with zero attached hydrogens (tertiary/aromatic N) is 1. The molecule has 0 unspecified atom stereocenters. The lowest BCUT2D eigenvalue weighted by Crippen LogP contribution is -2.34.